The van der Waals surface area contributed by atoms with E-state index in [-0.39, 0.29) is 12.0 Å². The fourth-order valence-corrected chi connectivity index (χ4v) is 3.00. The van der Waals surface area contributed by atoms with Gasteiger partial charge in [0.05, 0.1) is 6.54 Å². The van der Waals surface area contributed by atoms with Gasteiger partial charge in [0, 0.05) is 29.2 Å². The van der Waals surface area contributed by atoms with E-state index < -0.39 is 11.7 Å². The van der Waals surface area contributed by atoms with Gasteiger partial charge in [0.1, 0.15) is 11.4 Å². The second kappa shape index (κ2) is 8.32. The third-order valence-electron chi connectivity index (χ3n) is 4.32. The van der Waals surface area contributed by atoms with Crippen molar-refractivity contribution in [1.29, 1.82) is 0 Å². The lowest BCUT2D eigenvalue weighted by molar-refractivity contribution is -0.122. The van der Waals surface area contributed by atoms with Gasteiger partial charge in [-0.1, -0.05) is 11.6 Å². The number of carbonyl (C=O) groups excluding carboxylic acids is 2. The molecule has 2 amide bonds. The fraction of sp³-hybridized carbons (Fsp3) is 0.450. The molecule has 0 saturated heterocycles. The number of carbonyl (C=O) groups is 2. The Bertz CT molecular complexity index is 889. The van der Waals surface area contributed by atoms with Crippen molar-refractivity contribution in [3.63, 3.8) is 0 Å². The van der Waals surface area contributed by atoms with Gasteiger partial charge in [-0.3, -0.25) is 9.89 Å². The van der Waals surface area contributed by atoms with Crippen LogP contribution in [0.3, 0.4) is 0 Å². The van der Waals surface area contributed by atoms with Gasteiger partial charge in [-0.2, -0.15) is 5.10 Å². The summed E-state index contributed by atoms with van der Waals surface area (Å²) >= 11 is 5.86. The molecule has 29 heavy (non-hydrogen) atoms. The summed E-state index contributed by atoms with van der Waals surface area (Å²) in [6.07, 6.45) is -0.524. The number of hydrogen-bond acceptors (Lipinski definition) is 5. The van der Waals surface area contributed by atoms with Crippen molar-refractivity contribution in [3.8, 4) is 5.75 Å². The van der Waals surface area contributed by atoms with Crippen LogP contribution in [0.25, 0.3) is 0 Å². The van der Waals surface area contributed by atoms with Gasteiger partial charge in [0.15, 0.2) is 11.9 Å². The Morgan fingerprint density at radius 1 is 1.28 bits per heavy atom. The summed E-state index contributed by atoms with van der Waals surface area (Å²) in [5, 5.41) is 10.5. The number of aromatic nitrogens is 2. The van der Waals surface area contributed by atoms with Gasteiger partial charge >= 0.3 is 6.09 Å². The lowest BCUT2D eigenvalue weighted by Crippen LogP contribution is -2.40. The third-order valence-corrected chi connectivity index (χ3v) is 4.57. The van der Waals surface area contributed by atoms with Gasteiger partial charge in [0.25, 0.3) is 5.91 Å². The Kier molecular flexibility index (Phi) is 6.02. The van der Waals surface area contributed by atoms with Crippen molar-refractivity contribution in [2.75, 3.05) is 11.9 Å². The van der Waals surface area contributed by atoms with Crippen LogP contribution < -0.4 is 10.1 Å². The smallest absolute Gasteiger partial charge is 0.410 e. The van der Waals surface area contributed by atoms with Gasteiger partial charge in [-0.15, -0.1) is 0 Å². The number of H-pyrrole nitrogens is 1. The number of benzene rings is 1. The van der Waals surface area contributed by atoms with Crippen LogP contribution >= 0.6 is 11.6 Å². The van der Waals surface area contributed by atoms with Crippen LogP contribution in [0.1, 0.15) is 39.0 Å². The zero-order valence-corrected chi connectivity index (χ0v) is 17.7. The van der Waals surface area contributed by atoms with Crippen molar-refractivity contribution in [2.24, 2.45) is 0 Å². The van der Waals surface area contributed by atoms with E-state index in [0.29, 0.717) is 36.1 Å². The highest BCUT2D eigenvalue weighted by molar-refractivity contribution is 6.30. The first kappa shape index (κ1) is 21.0. The molecule has 0 fully saturated rings. The first-order valence-corrected chi connectivity index (χ1v) is 9.77. The maximum Gasteiger partial charge on any atom is 0.410 e. The maximum absolute atomic E-state index is 12.5. The molecule has 156 valence electrons. The van der Waals surface area contributed by atoms with Crippen molar-refractivity contribution >= 4 is 29.4 Å². The molecule has 1 atom stereocenters. The number of aromatic amines is 1. The molecule has 0 saturated carbocycles. The number of anilines is 1. The van der Waals surface area contributed by atoms with E-state index in [9.17, 15) is 9.59 Å². The first-order chi connectivity index (χ1) is 13.6. The molecular formula is C20H25ClN4O4. The molecule has 2 aromatic rings. The van der Waals surface area contributed by atoms with Crippen LogP contribution in [0.5, 0.6) is 5.75 Å². The predicted molar refractivity (Wildman–Crippen MR) is 109 cm³/mol. The quantitative estimate of drug-likeness (QED) is 0.784. The predicted octanol–water partition coefficient (Wildman–Crippen LogP) is 3.76. The Morgan fingerprint density at radius 3 is 2.62 bits per heavy atom. The second-order valence-electron chi connectivity index (χ2n) is 7.88. The number of halogens is 1. The van der Waals surface area contributed by atoms with Crippen molar-refractivity contribution in [2.45, 2.75) is 52.4 Å². The van der Waals surface area contributed by atoms with Crippen LogP contribution in [0.15, 0.2) is 24.3 Å². The number of ether oxygens (including phenoxy) is 2. The number of amides is 2. The highest BCUT2D eigenvalue weighted by atomic mass is 35.5. The molecule has 0 spiro atoms. The molecular weight excluding hydrogens is 396 g/mol. The Balaban J connectivity index is 1.64. The standard InChI is InChI=1S/C20H25ClN4O4/c1-12(28-14-7-5-13(21)6-8-14)18(26)22-17-15-11-25(10-9-16(15)23-24-17)19(27)29-20(2,3)4/h5-8,12H,9-11H2,1-4H3,(H2,22,23,24,26). The molecule has 2 heterocycles. The van der Waals surface area contributed by atoms with Crippen LogP contribution in [-0.2, 0) is 22.5 Å². The molecule has 1 unspecified atom stereocenters. The Morgan fingerprint density at radius 2 is 1.97 bits per heavy atom. The Labute approximate surface area is 174 Å². The average molecular weight is 421 g/mol. The van der Waals surface area contributed by atoms with Crippen LogP contribution in [0.2, 0.25) is 5.02 Å². The van der Waals surface area contributed by atoms with Crippen molar-refractivity contribution in [3.05, 3.63) is 40.5 Å². The lowest BCUT2D eigenvalue weighted by atomic mass is 10.1. The topological polar surface area (TPSA) is 96.5 Å². The van der Waals surface area contributed by atoms with E-state index in [0.717, 1.165) is 11.3 Å². The number of nitrogens with zero attached hydrogens (tertiary/aromatic N) is 2. The van der Waals surface area contributed by atoms with Gasteiger partial charge in [-0.25, -0.2) is 4.79 Å². The summed E-state index contributed by atoms with van der Waals surface area (Å²) < 4.78 is 11.1. The molecule has 1 aromatic heterocycles. The summed E-state index contributed by atoms with van der Waals surface area (Å²) in [5.74, 6) is 0.589. The number of hydrogen-bond donors (Lipinski definition) is 2. The molecule has 0 bridgehead atoms. The van der Waals surface area contributed by atoms with E-state index in [1.54, 1.807) is 36.1 Å². The minimum atomic E-state index is -0.742. The number of fused-ring (bicyclic) bond motifs is 1. The summed E-state index contributed by atoms with van der Waals surface area (Å²) in [6, 6.07) is 6.77. The fourth-order valence-electron chi connectivity index (χ4n) is 2.87. The molecule has 0 aliphatic carbocycles. The minimum Gasteiger partial charge on any atom is -0.481 e. The zero-order valence-electron chi connectivity index (χ0n) is 16.9. The molecule has 9 heteroatoms. The van der Waals surface area contributed by atoms with Gasteiger partial charge in [0.2, 0.25) is 0 Å². The SMILES string of the molecule is CC(Oc1ccc(Cl)cc1)C(=O)Nc1n[nH]c2c1CN(C(=O)OC(C)(C)C)CC2. The highest BCUT2D eigenvalue weighted by Crippen LogP contribution is 2.25. The molecule has 1 aromatic carbocycles. The molecule has 1 aliphatic heterocycles. The molecule has 2 N–H and O–H groups in total. The zero-order chi connectivity index (χ0) is 21.2. The highest BCUT2D eigenvalue weighted by Gasteiger charge is 2.29. The van der Waals surface area contributed by atoms with Crippen molar-refractivity contribution in [1.82, 2.24) is 15.1 Å². The lowest BCUT2D eigenvalue weighted by Gasteiger charge is -2.30. The van der Waals surface area contributed by atoms with E-state index in [2.05, 4.69) is 15.5 Å². The normalized spacial score (nSPS) is 14.7. The van der Waals surface area contributed by atoms with Crippen LogP contribution in [-0.4, -0.2) is 45.3 Å². The van der Waals surface area contributed by atoms with Crippen LogP contribution in [0, 0.1) is 0 Å². The summed E-state index contributed by atoms with van der Waals surface area (Å²) in [6.45, 7) is 7.95. The average Bonchev–Trinajstić information content (AvgIpc) is 3.04. The Hall–Kier alpha value is -2.74. The van der Waals surface area contributed by atoms with E-state index in [1.807, 2.05) is 20.8 Å². The van der Waals surface area contributed by atoms with Gasteiger partial charge in [-0.05, 0) is 52.0 Å². The minimum absolute atomic E-state index is 0.308. The molecule has 8 nitrogen and oxygen atoms in total. The maximum atomic E-state index is 12.5. The second-order valence-corrected chi connectivity index (χ2v) is 8.32. The first-order valence-electron chi connectivity index (χ1n) is 9.39. The summed E-state index contributed by atoms with van der Waals surface area (Å²) in [4.78, 5) is 26.5. The van der Waals surface area contributed by atoms with Crippen molar-refractivity contribution < 1.29 is 19.1 Å². The monoisotopic (exact) mass is 420 g/mol. The van der Waals surface area contributed by atoms with Gasteiger partial charge < -0.3 is 19.7 Å². The van der Waals surface area contributed by atoms with E-state index in [4.69, 9.17) is 21.1 Å². The largest absolute Gasteiger partial charge is 0.481 e. The van der Waals surface area contributed by atoms with Crippen LogP contribution in [0.4, 0.5) is 10.6 Å². The number of nitrogens with one attached hydrogen (secondary N) is 2. The third kappa shape index (κ3) is 5.41. The summed E-state index contributed by atoms with van der Waals surface area (Å²) in [5.41, 5.74) is 1.10. The van der Waals surface area contributed by atoms with E-state index in [1.165, 1.54) is 0 Å². The summed E-state index contributed by atoms with van der Waals surface area (Å²) in [7, 11) is 0. The molecule has 1 aliphatic rings. The van der Waals surface area contributed by atoms with E-state index >= 15 is 0 Å². The molecule has 0 radical (unpaired) electrons. The number of rotatable bonds is 4. The molecule has 3 rings (SSSR count).